The van der Waals surface area contributed by atoms with E-state index in [1.165, 1.54) is 6.42 Å². The predicted molar refractivity (Wildman–Crippen MR) is 106 cm³/mol. The number of methoxy groups -OCH3 is 1. The van der Waals surface area contributed by atoms with Gasteiger partial charge in [0, 0.05) is 32.5 Å². The molecule has 0 aliphatic carbocycles. The first kappa shape index (κ1) is 18.9. The standard InChI is InChI=1S/C21H29N5O2/c1-24-12-5-7-17(24)21-23-22-19-11-13-25(14-15-26(19)21)20(27)10-9-16-6-3-4-8-18(16)28-2/h3-4,6,8,17H,5,7,9-15H2,1-2H3. The minimum absolute atomic E-state index is 0.198. The average molecular weight is 383 g/mol. The second-order valence-corrected chi connectivity index (χ2v) is 7.71. The van der Waals surface area contributed by atoms with Gasteiger partial charge in [0.15, 0.2) is 0 Å². The summed E-state index contributed by atoms with van der Waals surface area (Å²) < 4.78 is 7.65. The van der Waals surface area contributed by atoms with Crippen molar-refractivity contribution in [3.05, 3.63) is 41.5 Å². The van der Waals surface area contributed by atoms with Crippen molar-refractivity contribution in [2.75, 3.05) is 33.8 Å². The van der Waals surface area contributed by atoms with Crippen LogP contribution in [0.2, 0.25) is 0 Å². The van der Waals surface area contributed by atoms with Gasteiger partial charge in [-0.2, -0.15) is 0 Å². The zero-order valence-corrected chi connectivity index (χ0v) is 16.8. The number of hydrogen-bond donors (Lipinski definition) is 0. The maximum absolute atomic E-state index is 12.8. The maximum Gasteiger partial charge on any atom is 0.222 e. The van der Waals surface area contributed by atoms with E-state index in [2.05, 4.69) is 26.7 Å². The van der Waals surface area contributed by atoms with E-state index in [0.29, 0.717) is 25.4 Å². The average Bonchev–Trinajstić information content (AvgIpc) is 3.25. The van der Waals surface area contributed by atoms with Crippen LogP contribution in [0.5, 0.6) is 5.75 Å². The van der Waals surface area contributed by atoms with Crippen molar-refractivity contribution in [2.45, 2.75) is 44.7 Å². The fourth-order valence-electron chi connectivity index (χ4n) is 4.39. The Balaban J connectivity index is 1.38. The topological polar surface area (TPSA) is 63.5 Å². The molecule has 4 rings (SSSR count). The minimum Gasteiger partial charge on any atom is -0.496 e. The molecule has 0 N–H and O–H groups in total. The predicted octanol–water partition coefficient (Wildman–Crippen LogP) is 2.07. The summed E-state index contributed by atoms with van der Waals surface area (Å²) in [6, 6.07) is 8.27. The van der Waals surface area contributed by atoms with Crippen LogP contribution in [0, 0.1) is 0 Å². The first-order valence-electron chi connectivity index (χ1n) is 10.2. The summed E-state index contributed by atoms with van der Waals surface area (Å²) in [7, 11) is 3.83. The van der Waals surface area contributed by atoms with Crippen molar-refractivity contribution in [2.24, 2.45) is 0 Å². The lowest BCUT2D eigenvalue weighted by molar-refractivity contribution is -0.131. The summed E-state index contributed by atoms with van der Waals surface area (Å²) in [5.41, 5.74) is 1.08. The van der Waals surface area contributed by atoms with Crippen molar-refractivity contribution in [3.8, 4) is 5.75 Å². The molecule has 1 unspecified atom stereocenters. The van der Waals surface area contributed by atoms with Gasteiger partial charge in [-0.25, -0.2) is 0 Å². The summed E-state index contributed by atoms with van der Waals surface area (Å²) in [6.07, 6.45) is 4.31. The molecule has 1 atom stereocenters. The van der Waals surface area contributed by atoms with Crippen LogP contribution in [0.1, 0.15) is 42.5 Å². The lowest BCUT2D eigenvalue weighted by atomic mass is 10.1. The molecule has 0 saturated carbocycles. The molecule has 2 aliphatic rings. The number of carbonyl (C=O) groups excluding carboxylic acids is 1. The fourth-order valence-corrected chi connectivity index (χ4v) is 4.39. The first-order chi connectivity index (χ1) is 13.7. The van der Waals surface area contributed by atoms with Crippen LogP contribution in [0.4, 0.5) is 0 Å². The second kappa shape index (κ2) is 8.31. The summed E-state index contributed by atoms with van der Waals surface area (Å²) in [4.78, 5) is 17.2. The van der Waals surface area contributed by atoms with Gasteiger partial charge in [-0.3, -0.25) is 9.69 Å². The Kier molecular flexibility index (Phi) is 5.62. The molecule has 1 aromatic carbocycles. The Hall–Kier alpha value is -2.41. The van der Waals surface area contributed by atoms with Crippen LogP contribution in [0.25, 0.3) is 0 Å². The molecule has 7 heteroatoms. The van der Waals surface area contributed by atoms with Crippen molar-refractivity contribution in [1.82, 2.24) is 24.6 Å². The highest BCUT2D eigenvalue weighted by atomic mass is 16.5. The number of likely N-dealkylation sites (tertiary alicyclic amines) is 1. The lowest BCUT2D eigenvalue weighted by Gasteiger charge is -2.22. The van der Waals surface area contributed by atoms with Gasteiger partial charge in [-0.15, -0.1) is 10.2 Å². The minimum atomic E-state index is 0.198. The normalized spacial score (nSPS) is 20.1. The molecule has 0 radical (unpaired) electrons. The van der Waals surface area contributed by atoms with E-state index in [-0.39, 0.29) is 5.91 Å². The number of hydrogen-bond acceptors (Lipinski definition) is 5. The molecule has 28 heavy (non-hydrogen) atoms. The molecule has 1 fully saturated rings. The van der Waals surface area contributed by atoms with Crippen LogP contribution in [-0.4, -0.2) is 64.3 Å². The quantitative estimate of drug-likeness (QED) is 0.791. The summed E-state index contributed by atoms with van der Waals surface area (Å²) >= 11 is 0. The van der Waals surface area contributed by atoms with E-state index >= 15 is 0 Å². The maximum atomic E-state index is 12.8. The number of amides is 1. The largest absolute Gasteiger partial charge is 0.496 e. The van der Waals surface area contributed by atoms with Gasteiger partial charge < -0.3 is 14.2 Å². The molecule has 0 spiro atoms. The van der Waals surface area contributed by atoms with Gasteiger partial charge in [0.25, 0.3) is 0 Å². The molecule has 1 aromatic heterocycles. The van der Waals surface area contributed by atoms with Crippen LogP contribution < -0.4 is 4.74 Å². The smallest absolute Gasteiger partial charge is 0.222 e. The van der Waals surface area contributed by atoms with Crippen molar-refractivity contribution in [3.63, 3.8) is 0 Å². The van der Waals surface area contributed by atoms with E-state index in [9.17, 15) is 4.79 Å². The first-order valence-corrected chi connectivity index (χ1v) is 10.2. The van der Waals surface area contributed by atoms with Gasteiger partial charge in [0.2, 0.25) is 5.91 Å². The number of para-hydroxylation sites is 1. The van der Waals surface area contributed by atoms with Crippen LogP contribution >= 0.6 is 0 Å². The Morgan fingerprint density at radius 2 is 2.04 bits per heavy atom. The SMILES string of the molecule is COc1ccccc1CCC(=O)N1CCc2nnc(C3CCCN3C)n2CC1. The zero-order chi connectivity index (χ0) is 19.5. The molecule has 1 amide bonds. The number of ether oxygens (including phenoxy) is 1. The number of nitrogens with zero attached hydrogens (tertiary/aromatic N) is 5. The van der Waals surface area contributed by atoms with Gasteiger partial charge in [0.1, 0.15) is 17.4 Å². The number of aryl methyl sites for hydroxylation is 1. The third-order valence-corrected chi connectivity index (χ3v) is 6.03. The highest BCUT2D eigenvalue weighted by Gasteiger charge is 2.30. The Bertz CT molecular complexity index is 834. The summed E-state index contributed by atoms with van der Waals surface area (Å²) in [5.74, 6) is 3.13. The Morgan fingerprint density at radius 3 is 2.82 bits per heavy atom. The fraction of sp³-hybridized carbons (Fsp3) is 0.571. The third-order valence-electron chi connectivity index (χ3n) is 6.03. The van der Waals surface area contributed by atoms with E-state index in [1.807, 2.05) is 29.2 Å². The molecule has 2 aliphatic heterocycles. The number of fused-ring (bicyclic) bond motifs is 1. The van der Waals surface area contributed by atoms with Gasteiger partial charge in [0.05, 0.1) is 13.2 Å². The van der Waals surface area contributed by atoms with Gasteiger partial charge >= 0.3 is 0 Å². The number of aromatic nitrogens is 3. The molecule has 0 bridgehead atoms. The van der Waals surface area contributed by atoms with Gasteiger partial charge in [-0.1, -0.05) is 18.2 Å². The van der Waals surface area contributed by atoms with E-state index in [4.69, 9.17) is 4.74 Å². The third kappa shape index (κ3) is 3.76. The molecular formula is C21H29N5O2. The van der Waals surface area contributed by atoms with E-state index in [0.717, 1.165) is 55.4 Å². The van der Waals surface area contributed by atoms with Crippen molar-refractivity contribution < 1.29 is 9.53 Å². The number of carbonyl (C=O) groups is 1. The Morgan fingerprint density at radius 1 is 1.18 bits per heavy atom. The van der Waals surface area contributed by atoms with Gasteiger partial charge in [-0.05, 0) is 44.5 Å². The Labute approximate surface area is 166 Å². The lowest BCUT2D eigenvalue weighted by Crippen LogP contribution is -2.34. The highest BCUT2D eigenvalue weighted by Crippen LogP contribution is 2.30. The van der Waals surface area contributed by atoms with Crippen LogP contribution in [-0.2, 0) is 24.2 Å². The van der Waals surface area contributed by atoms with Crippen LogP contribution in [0.15, 0.2) is 24.3 Å². The monoisotopic (exact) mass is 383 g/mol. The van der Waals surface area contributed by atoms with E-state index < -0.39 is 0 Å². The molecule has 150 valence electrons. The van der Waals surface area contributed by atoms with Crippen LogP contribution in [0.3, 0.4) is 0 Å². The molecule has 1 saturated heterocycles. The summed E-state index contributed by atoms with van der Waals surface area (Å²) in [5, 5.41) is 8.93. The molecular weight excluding hydrogens is 354 g/mol. The second-order valence-electron chi connectivity index (χ2n) is 7.71. The molecule has 2 aromatic rings. The van der Waals surface area contributed by atoms with Crippen molar-refractivity contribution >= 4 is 5.91 Å². The molecule has 3 heterocycles. The number of rotatable bonds is 5. The summed E-state index contributed by atoms with van der Waals surface area (Å²) in [6.45, 7) is 3.32. The highest BCUT2D eigenvalue weighted by molar-refractivity contribution is 5.76. The van der Waals surface area contributed by atoms with E-state index in [1.54, 1.807) is 7.11 Å². The number of benzene rings is 1. The molecule has 7 nitrogen and oxygen atoms in total. The zero-order valence-electron chi connectivity index (χ0n) is 16.8. The van der Waals surface area contributed by atoms with Crippen molar-refractivity contribution in [1.29, 1.82) is 0 Å².